The molecule has 2 rings (SSSR count). The van der Waals surface area contributed by atoms with E-state index >= 15 is 0 Å². The van der Waals surface area contributed by atoms with Gasteiger partial charge in [0.25, 0.3) is 0 Å². The van der Waals surface area contributed by atoms with Crippen molar-refractivity contribution >= 4 is 12.0 Å². The zero-order chi connectivity index (χ0) is 9.47. The van der Waals surface area contributed by atoms with Crippen molar-refractivity contribution < 1.29 is 4.79 Å². The topological polar surface area (TPSA) is 29.4 Å². The summed E-state index contributed by atoms with van der Waals surface area (Å²) in [5, 5.41) is 0. The quantitative estimate of drug-likeness (QED) is 0.596. The van der Waals surface area contributed by atoms with E-state index in [-0.39, 0.29) is 0 Å². The van der Waals surface area contributed by atoms with Crippen LogP contribution in [0, 0.1) is 0 Å². The Bertz CT molecular complexity index is 395. The van der Waals surface area contributed by atoms with Gasteiger partial charge >= 0.3 is 0 Å². The van der Waals surface area contributed by atoms with E-state index in [0.29, 0.717) is 0 Å². The first-order valence-electron chi connectivity index (χ1n) is 4.30. The number of hydrogen-bond acceptors (Lipinski definition) is 2. The zero-order valence-corrected chi connectivity index (χ0v) is 7.74. The summed E-state index contributed by atoms with van der Waals surface area (Å²) in [6.45, 7) is 3.78. The highest BCUT2D eigenvalue weighted by atomic mass is 16.1. The highest BCUT2D eigenvalue weighted by Gasteiger charge is 2.33. The molecule has 13 heavy (non-hydrogen) atoms. The zero-order valence-electron chi connectivity index (χ0n) is 7.74. The second kappa shape index (κ2) is 2.52. The molecule has 1 aromatic rings. The lowest BCUT2D eigenvalue weighted by Gasteiger charge is -2.13. The van der Waals surface area contributed by atoms with Crippen LogP contribution >= 0.6 is 0 Å². The van der Waals surface area contributed by atoms with Gasteiger partial charge in [-0.25, -0.2) is 0 Å². The highest BCUT2D eigenvalue weighted by Crippen LogP contribution is 2.33. The van der Waals surface area contributed by atoms with E-state index in [9.17, 15) is 4.79 Å². The normalized spacial score (nSPS) is 25.2. The van der Waals surface area contributed by atoms with E-state index in [0.717, 1.165) is 23.1 Å². The van der Waals surface area contributed by atoms with Gasteiger partial charge in [-0.2, -0.15) is 0 Å². The van der Waals surface area contributed by atoms with Gasteiger partial charge in [-0.05, 0) is 19.4 Å². The van der Waals surface area contributed by atoms with Crippen LogP contribution in [0.2, 0.25) is 0 Å². The van der Waals surface area contributed by atoms with Gasteiger partial charge in [-0.3, -0.25) is 4.99 Å². The fraction of sp³-hybridized carbons (Fsp3) is 0.273. The largest absolute Gasteiger partial charge is 0.300 e. The first kappa shape index (κ1) is 8.17. The smallest absolute Gasteiger partial charge is 0.151 e. The molecule has 0 saturated heterocycles. The maximum Gasteiger partial charge on any atom is 0.151 e. The molecule has 0 N–H and O–H groups in total. The van der Waals surface area contributed by atoms with Crippen molar-refractivity contribution in [3.63, 3.8) is 0 Å². The second-order valence-electron chi connectivity index (χ2n) is 3.51. The monoisotopic (exact) mass is 173 g/mol. The van der Waals surface area contributed by atoms with Crippen LogP contribution in [0.3, 0.4) is 0 Å². The molecule has 2 heteroatoms. The van der Waals surface area contributed by atoms with Crippen molar-refractivity contribution in [3.05, 3.63) is 35.4 Å². The molecule has 1 heterocycles. The first-order chi connectivity index (χ1) is 6.17. The van der Waals surface area contributed by atoms with Crippen LogP contribution in [0.25, 0.3) is 0 Å². The Kier molecular flexibility index (Phi) is 1.59. The molecule has 2 nitrogen and oxygen atoms in total. The van der Waals surface area contributed by atoms with Crippen molar-refractivity contribution in [1.82, 2.24) is 0 Å². The lowest BCUT2D eigenvalue weighted by molar-refractivity contribution is -0.111. The van der Waals surface area contributed by atoms with Gasteiger partial charge < -0.3 is 4.79 Å². The summed E-state index contributed by atoms with van der Waals surface area (Å²) in [4.78, 5) is 15.3. The third kappa shape index (κ3) is 1.02. The molecule has 0 aliphatic carbocycles. The predicted octanol–water partition coefficient (Wildman–Crippen LogP) is 1.92. The number of carbonyl (C=O) groups is 1. The van der Waals surface area contributed by atoms with E-state index in [1.165, 1.54) is 0 Å². The van der Waals surface area contributed by atoms with E-state index in [1.54, 1.807) is 0 Å². The summed E-state index contributed by atoms with van der Waals surface area (Å²) in [5.74, 6) is 0. The minimum atomic E-state index is -0.652. The van der Waals surface area contributed by atoms with E-state index < -0.39 is 5.54 Å². The maximum atomic E-state index is 10.9. The van der Waals surface area contributed by atoms with Gasteiger partial charge in [0, 0.05) is 11.3 Å². The number of fused-ring (bicyclic) bond motifs is 1. The van der Waals surface area contributed by atoms with Crippen molar-refractivity contribution in [2.24, 2.45) is 4.99 Å². The van der Waals surface area contributed by atoms with Gasteiger partial charge in [0.2, 0.25) is 0 Å². The summed E-state index contributed by atoms with van der Waals surface area (Å²) >= 11 is 0. The molecule has 0 radical (unpaired) electrons. The number of aliphatic imine (C=N–C) groups is 1. The number of aldehydes is 1. The van der Waals surface area contributed by atoms with E-state index in [2.05, 4.69) is 4.99 Å². The standard InChI is InChI=1S/C11H11NO/c1-8-9-5-3-4-6-10(9)11(2,7-13)12-8/h3-7H,1-2H3. The minimum absolute atomic E-state index is 0.652. The van der Waals surface area contributed by atoms with E-state index in [1.807, 2.05) is 38.1 Å². The summed E-state index contributed by atoms with van der Waals surface area (Å²) in [6.07, 6.45) is 0.905. The molecule has 1 unspecified atom stereocenters. The molecule has 0 fully saturated rings. The summed E-state index contributed by atoms with van der Waals surface area (Å²) in [6, 6.07) is 7.87. The number of rotatable bonds is 1. The van der Waals surface area contributed by atoms with Crippen LogP contribution in [0.1, 0.15) is 25.0 Å². The van der Waals surface area contributed by atoms with Crippen LogP contribution in [0.4, 0.5) is 0 Å². The molecule has 66 valence electrons. The molecule has 1 aliphatic rings. The minimum Gasteiger partial charge on any atom is -0.300 e. The van der Waals surface area contributed by atoms with E-state index in [4.69, 9.17) is 0 Å². The molecule has 1 atom stereocenters. The molecule has 1 aliphatic heterocycles. The van der Waals surface area contributed by atoms with Gasteiger partial charge in [0.1, 0.15) is 5.54 Å². The predicted molar refractivity (Wildman–Crippen MR) is 52.1 cm³/mol. The number of benzene rings is 1. The van der Waals surface area contributed by atoms with Crippen LogP contribution in [-0.2, 0) is 10.3 Å². The Labute approximate surface area is 77.3 Å². The lowest BCUT2D eigenvalue weighted by Crippen LogP contribution is -2.17. The molecular weight excluding hydrogens is 162 g/mol. The van der Waals surface area contributed by atoms with Gasteiger partial charge in [0.15, 0.2) is 6.29 Å². The molecule has 0 amide bonds. The van der Waals surface area contributed by atoms with Gasteiger partial charge in [0.05, 0.1) is 0 Å². The average molecular weight is 173 g/mol. The molecule has 0 aromatic heterocycles. The summed E-state index contributed by atoms with van der Waals surface area (Å²) in [7, 11) is 0. The van der Waals surface area contributed by atoms with Gasteiger partial charge in [-0.1, -0.05) is 24.3 Å². The van der Waals surface area contributed by atoms with Crippen LogP contribution in [-0.4, -0.2) is 12.0 Å². The fourth-order valence-corrected chi connectivity index (χ4v) is 1.80. The Morgan fingerprint density at radius 3 is 2.77 bits per heavy atom. The van der Waals surface area contributed by atoms with Crippen LogP contribution in [0.15, 0.2) is 29.3 Å². The molecule has 0 bridgehead atoms. The van der Waals surface area contributed by atoms with Crippen molar-refractivity contribution in [1.29, 1.82) is 0 Å². The lowest BCUT2D eigenvalue weighted by atomic mass is 9.93. The first-order valence-corrected chi connectivity index (χ1v) is 4.30. The SMILES string of the molecule is CC1=NC(C)(C=O)c2ccccc21. The third-order valence-electron chi connectivity index (χ3n) is 2.49. The second-order valence-corrected chi connectivity index (χ2v) is 3.51. The van der Waals surface area contributed by atoms with Crippen LogP contribution < -0.4 is 0 Å². The van der Waals surface area contributed by atoms with Gasteiger partial charge in [-0.15, -0.1) is 0 Å². The Morgan fingerprint density at radius 2 is 2.08 bits per heavy atom. The van der Waals surface area contributed by atoms with Crippen molar-refractivity contribution in [2.45, 2.75) is 19.4 Å². The van der Waals surface area contributed by atoms with Crippen molar-refractivity contribution in [2.75, 3.05) is 0 Å². The number of carbonyl (C=O) groups excluding carboxylic acids is 1. The summed E-state index contributed by atoms with van der Waals surface area (Å²) < 4.78 is 0. The Hall–Kier alpha value is -1.44. The maximum absolute atomic E-state index is 10.9. The fourth-order valence-electron chi connectivity index (χ4n) is 1.80. The Balaban J connectivity index is 2.69. The molecular formula is C11H11NO. The summed E-state index contributed by atoms with van der Waals surface area (Å²) in [5.41, 5.74) is 2.41. The van der Waals surface area contributed by atoms with Crippen LogP contribution in [0.5, 0.6) is 0 Å². The Morgan fingerprint density at radius 1 is 1.38 bits per heavy atom. The van der Waals surface area contributed by atoms with Crippen molar-refractivity contribution in [3.8, 4) is 0 Å². The third-order valence-corrected chi connectivity index (χ3v) is 2.49. The number of nitrogens with zero attached hydrogens (tertiary/aromatic N) is 1. The molecule has 1 aromatic carbocycles. The highest BCUT2D eigenvalue weighted by molar-refractivity contribution is 6.05. The average Bonchev–Trinajstić information content (AvgIpc) is 2.42. The molecule has 0 spiro atoms. The molecule has 0 saturated carbocycles. The number of hydrogen-bond donors (Lipinski definition) is 0.